The highest BCUT2D eigenvalue weighted by Gasteiger charge is 2.21. The summed E-state index contributed by atoms with van der Waals surface area (Å²) in [5.41, 5.74) is 13.1. The first kappa shape index (κ1) is 41.6. The van der Waals surface area contributed by atoms with E-state index in [4.69, 9.17) is 8.83 Å². The normalized spacial score (nSPS) is 11.7. The molecule has 0 atom stereocenters. The van der Waals surface area contributed by atoms with Crippen LogP contribution in [0.2, 0.25) is 0 Å². The molecule has 4 heterocycles. The van der Waals surface area contributed by atoms with Gasteiger partial charge in [-0.15, -0.1) is 10.2 Å². The minimum atomic E-state index is 0.643. The van der Waals surface area contributed by atoms with E-state index in [2.05, 4.69) is 146 Å². The van der Waals surface area contributed by atoms with Crippen LogP contribution in [0.4, 0.5) is 28.4 Å². The number of hydrogen-bond donors (Lipinski definition) is 0. The number of hydrogen-bond acceptors (Lipinski definition) is 8. The second kappa shape index (κ2) is 18.1. The molecule has 0 fully saturated rings. The van der Waals surface area contributed by atoms with E-state index < -0.39 is 0 Å². The molecule has 0 amide bonds. The maximum absolute atomic E-state index is 6.62. The number of allylic oxidation sites excluding steroid dienone is 4. The standard InChI is InChI=1S/C60H42N8O2/c1-42(67-63-53-24-6-7-25-54(53)64-67)17-10-13-40-65(55-26-15-22-51-49-20-4-8-28-57(49)69-59(51)55)45-34-30-43(31-35-45)44-32-36-46(37-33-44)66(56-27-16-23-52-50-21-5-9-29-58(50)70-60(52)56)47-18-14-19-48(41-47)68-61-38-11-2-3-12-39-62-68/h2-41H,1H2/b11-2?,12-3?,17-10-,40-13+,61-38?,62-39?. The molecule has 0 radical (unpaired) electrons. The van der Waals surface area contributed by atoms with E-state index in [9.17, 15) is 0 Å². The maximum Gasteiger partial charge on any atom is 0.159 e. The highest BCUT2D eigenvalue weighted by atomic mass is 16.3. The van der Waals surface area contributed by atoms with Crippen LogP contribution < -0.4 is 9.80 Å². The lowest BCUT2D eigenvalue weighted by Gasteiger charge is -2.26. The number of fused-ring (bicyclic) bond motifs is 7. The zero-order chi connectivity index (χ0) is 46.8. The van der Waals surface area contributed by atoms with Crippen molar-refractivity contribution < 1.29 is 8.83 Å². The smallest absolute Gasteiger partial charge is 0.159 e. The molecule has 0 saturated carbocycles. The topological polar surface area (TPSA) is 94.2 Å². The lowest BCUT2D eigenvalue weighted by atomic mass is 10.0. The fourth-order valence-corrected chi connectivity index (χ4v) is 8.89. The zero-order valence-corrected chi connectivity index (χ0v) is 37.7. The fourth-order valence-electron chi connectivity index (χ4n) is 8.89. The Labute approximate surface area is 402 Å². The van der Waals surface area contributed by atoms with Gasteiger partial charge in [0, 0.05) is 57.2 Å². The molecule has 8 aromatic carbocycles. The van der Waals surface area contributed by atoms with Gasteiger partial charge in [-0.05, 0) is 114 Å². The molecule has 70 heavy (non-hydrogen) atoms. The summed E-state index contributed by atoms with van der Waals surface area (Å²) in [7, 11) is 0. The van der Waals surface area contributed by atoms with Gasteiger partial charge in [-0.3, -0.25) is 0 Å². The van der Waals surface area contributed by atoms with Gasteiger partial charge in [0.15, 0.2) is 11.2 Å². The zero-order valence-electron chi connectivity index (χ0n) is 37.7. The fraction of sp³-hybridized carbons (Fsp3) is 0. The van der Waals surface area contributed by atoms with Crippen LogP contribution in [0, 0.1) is 0 Å². The molecule has 0 aliphatic carbocycles. The predicted molar refractivity (Wildman–Crippen MR) is 283 cm³/mol. The summed E-state index contributed by atoms with van der Waals surface area (Å²) >= 11 is 0. The van der Waals surface area contributed by atoms with Crippen molar-refractivity contribution in [2.75, 3.05) is 9.80 Å². The lowest BCUT2D eigenvalue weighted by Crippen LogP contribution is -2.11. The van der Waals surface area contributed by atoms with E-state index in [0.29, 0.717) is 5.70 Å². The third-order valence-corrected chi connectivity index (χ3v) is 12.2. The van der Waals surface area contributed by atoms with E-state index in [-0.39, 0.29) is 0 Å². The molecule has 0 aliphatic heterocycles. The van der Waals surface area contributed by atoms with Gasteiger partial charge < -0.3 is 18.6 Å². The second-order valence-corrected chi connectivity index (χ2v) is 16.6. The monoisotopic (exact) mass is 906 g/mol. The molecule has 10 nitrogen and oxygen atoms in total. The van der Waals surface area contributed by atoms with E-state index in [1.54, 1.807) is 22.0 Å². The van der Waals surface area contributed by atoms with Gasteiger partial charge in [-0.2, -0.15) is 19.8 Å². The van der Waals surface area contributed by atoms with Crippen molar-refractivity contribution in [3.63, 3.8) is 0 Å². The van der Waals surface area contributed by atoms with Crippen LogP contribution >= 0.6 is 0 Å². The van der Waals surface area contributed by atoms with E-state index in [1.165, 1.54) is 0 Å². The minimum absolute atomic E-state index is 0.643. The highest BCUT2D eigenvalue weighted by Crippen LogP contribution is 2.43. The summed E-state index contributed by atoms with van der Waals surface area (Å²) < 4.78 is 13.2. The van der Waals surface area contributed by atoms with Crippen molar-refractivity contribution in [1.82, 2.24) is 30.0 Å². The van der Waals surface area contributed by atoms with E-state index in [1.807, 2.05) is 121 Å². The average molecular weight is 907 g/mol. The van der Waals surface area contributed by atoms with Crippen LogP contribution in [0.15, 0.2) is 258 Å². The Morgan fingerprint density at radius 2 is 1.01 bits per heavy atom. The Morgan fingerprint density at radius 3 is 1.66 bits per heavy atom. The van der Waals surface area contributed by atoms with Crippen molar-refractivity contribution in [2.24, 2.45) is 0 Å². The number of rotatable bonds is 11. The van der Waals surface area contributed by atoms with Crippen LogP contribution in [-0.4, -0.2) is 30.0 Å². The first-order chi connectivity index (χ1) is 34.6. The Kier molecular flexibility index (Phi) is 10.8. The van der Waals surface area contributed by atoms with E-state index >= 15 is 0 Å². The number of anilines is 5. The number of furan rings is 2. The molecule has 12 rings (SSSR count). The molecule has 0 spiro atoms. The maximum atomic E-state index is 6.62. The number of para-hydroxylation sites is 4. The Balaban J connectivity index is 0.898. The van der Waals surface area contributed by atoms with Crippen molar-refractivity contribution >= 4 is 89.0 Å². The van der Waals surface area contributed by atoms with Gasteiger partial charge in [0.05, 0.1) is 22.8 Å². The van der Waals surface area contributed by atoms with Crippen molar-refractivity contribution in [3.8, 4) is 16.8 Å². The van der Waals surface area contributed by atoms with Crippen LogP contribution in [-0.2, 0) is 0 Å². The van der Waals surface area contributed by atoms with Gasteiger partial charge in [-0.25, -0.2) is 0 Å². The quantitative estimate of drug-likeness (QED) is 0.118. The summed E-state index contributed by atoms with van der Waals surface area (Å²) in [4.78, 5) is 7.56. The molecule has 0 unspecified atom stereocenters. The summed E-state index contributed by atoms with van der Waals surface area (Å²) in [6.07, 6.45) is 11.3. The number of benzene rings is 8. The minimum Gasteiger partial charge on any atom is -0.454 e. The third-order valence-electron chi connectivity index (χ3n) is 12.2. The SMILES string of the molecule is C=C(/C=C\C=C\N(c1ccc(-c2ccc(N(c3cccc(-n4nccccccn4)c3)c3cccc4c3oc3ccccc34)cc2)cc1)c1cccc2c1oc1ccccc12)n1nc2ccccc2n1. The summed E-state index contributed by atoms with van der Waals surface area (Å²) in [6.45, 7) is 4.22. The van der Waals surface area contributed by atoms with Crippen LogP contribution in [0.25, 0.3) is 77.4 Å². The summed E-state index contributed by atoms with van der Waals surface area (Å²) in [5.74, 6) is 0. The van der Waals surface area contributed by atoms with Crippen LogP contribution in [0.3, 0.4) is 0 Å². The molecule has 0 bridgehead atoms. The summed E-state index contributed by atoms with van der Waals surface area (Å²) in [5, 5.41) is 22.6. The second-order valence-electron chi connectivity index (χ2n) is 16.6. The van der Waals surface area contributed by atoms with Gasteiger partial charge in [0.1, 0.15) is 22.2 Å². The highest BCUT2D eigenvalue weighted by molar-refractivity contribution is 6.11. The largest absolute Gasteiger partial charge is 0.454 e. The Hall–Kier alpha value is -9.80. The van der Waals surface area contributed by atoms with Gasteiger partial charge in [0.2, 0.25) is 0 Å². The van der Waals surface area contributed by atoms with Crippen LogP contribution in [0.5, 0.6) is 0 Å². The van der Waals surface area contributed by atoms with Gasteiger partial charge in [0.25, 0.3) is 0 Å². The van der Waals surface area contributed by atoms with Crippen molar-refractivity contribution in [3.05, 3.63) is 250 Å². The first-order valence-electron chi connectivity index (χ1n) is 22.9. The van der Waals surface area contributed by atoms with Gasteiger partial charge >= 0.3 is 0 Å². The summed E-state index contributed by atoms with van der Waals surface area (Å²) in [6, 6.07) is 69.7. The third kappa shape index (κ3) is 7.91. The lowest BCUT2D eigenvalue weighted by molar-refractivity contribution is 0.668. The van der Waals surface area contributed by atoms with Crippen molar-refractivity contribution in [2.45, 2.75) is 0 Å². The van der Waals surface area contributed by atoms with E-state index in [0.717, 1.165) is 100 Å². The van der Waals surface area contributed by atoms with Crippen LogP contribution in [0.1, 0.15) is 0 Å². The Bertz CT molecular complexity index is 3950. The first-order valence-corrected chi connectivity index (χ1v) is 22.9. The predicted octanol–water partition coefficient (Wildman–Crippen LogP) is 15.5. The average Bonchev–Trinajstić information content (AvgIpc) is 4.16. The molecular formula is C60H42N8O2. The number of aromatic nitrogens is 6. The molecule has 334 valence electrons. The molecule has 12 aromatic rings. The molecule has 0 aliphatic rings. The molecule has 4 aromatic heterocycles. The molecule has 0 N–H and O–H groups in total. The molecular weight excluding hydrogens is 865 g/mol. The molecule has 0 saturated heterocycles. The van der Waals surface area contributed by atoms with Gasteiger partial charge in [-0.1, -0.05) is 128 Å². The van der Waals surface area contributed by atoms with Crippen molar-refractivity contribution in [1.29, 1.82) is 0 Å². The Morgan fingerprint density at radius 1 is 0.471 bits per heavy atom. The number of nitrogens with zero attached hydrogens (tertiary/aromatic N) is 8. The molecule has 10 heteroatoms.